The highest BCUT2D eigenvalue weighted by molar-refractivity contribution is 5.97. The number of carbonyl (C=O) groups excluding carboxylic acids is 1. The largest absolute Gasteiger partial charge is 0.416 e. The number of hydrogen-bond donors (Lipinski definition) is 2. The number of nitrogens with one attached hydrogen (secondary N) is 1. The quantitative estimate of drug-likeness (QED) is 0.570. The van der Waals surface area contributed by atoms with Crippen LogP contribution in [0.1, 0.15) is 21.5 Å². The van der Waals surface area contributed by atoms with Crippen molar-refractivity contribution in [3.63, 3.8) is 0 Å². The maximum Gasteiger partial charge on any atom is 0.416 e. The van der Waals surface area contributed by atoms with Gasteiger partial charge in [0.25, 0.3) is 5.91 Å². The molecule has 1 amide bonds. The molecular weight excluding hydrogens is 323 g/mol. The Morgan fingerprint density at radius 1 is 1.21 bits per heavy atom. The van der Waals surface area contributed by atoms with Gasteiger partial charge in [-0.1, -0.05) is 18.2 Å². The number of amides is 1. The number of benzene rings is 2. The Bertz CT molecular complexity index is 903. The molecular formula is C16H12F3N3O2. The molecule has 0 aliphatic heterocycles. The van der Waals surface area contributed by atoms with Crippen molar-refractivity contribution in [2.24, 2.45) is 0 Å². The summed E-state index contributed by atoms with van der Waals surface area (Å²) in [7, 11) is 0. The molecule has 5 nitrogen and oxygen atoms in total. The van der Waals surface area contributed by atoms with Crippen LogP contribution in [0.15, 0.2) is 48.7 Å². The van der Waals surface area contributed by atoms with Gasteiger partial charge in [0.1, 0.15) is 0 Å². The molecule has 0 radical (unpaired) electrons. The molecule has 2 N–H and O–H groups in total. The van der Waals surface area contributed by atoms with Crippen molar-refractivity contribution < 1.29 is 23.2 Å². The minimum Gasteiger partial charge on any atom is -0.288 e. The number of hydrogen-bond acceptors (Lipinski definition) is 3. The van der Waals surface area contributed by atoms with Gasteiger partial charge in [-0.15, -0.1) is 0 Å². The Balaban J connectivity index is 1.97. The van der Waals surface area contributed by atoms with Crippen LogP contribution in [0.25, 0.3) is 10.9 Å². The molecule has 0 aliphatic carbocycles. The molecule has 24 heavy (non-hydrogen) atoms. The van der Waals surface area contributed by atoms with Crippen LogP contribution < -0.4 is 5.48 Å². The molecule has 1 heterocycles. The van der Waals surface area contributed by atoms with Crippen molar-refractivity contribution in [3.05, 3.63) is 65.4 Å². The van der Waals surface area contributed by atoms with Crippen molar-refractivity contribution in [1.29, 1.82) is 0 Å². The Morgan fingerprint density at radius 3 is 2.71 bits per heavy atom. The summed E-state index contributed by atoms with van der Waals surface area (Å²) in [6.45, 7) is 0.123. The first-order valence-corrected chi connectivity index (χ1v) is 6.94. The fourth-order valence-electron chi connectivity index (χ4n) is 2.42. The summed E-state index contributed by atoms with van der Waals surface area (Å²) >= 11 is 0. The minimum absolute atomic E-state index is 0.123. The molecule has 0 aliphatic rings. The molecule has 1 aromatic heterocycles. The van der Waals surface area contributed by atoms with Crippen LogP contribution in [0.5, 0.6) is 0 Å². The van der Waals surface area contributed by atoms with E-state index in [1.54, 1.807) is 18.3 Å². The van der Waals surface area contributed by atoms with Crippen molar-refractivity contribution in [2.45, 2.75) is 12.7 Å². The minimum atomic E-state index is -4.41. The average Bonchev–Trinajstić information content (AvgIpc) is 2.96. The number of aromatic nitrogens is 2. The van der Waals surface area contributed by atoms with E-state index in [0.717, 1.165) is 17.5 Å². The van der Waals surface area contributed by atoms with E-state index in [4.69, 9.17) is 5.21 Å². The maximum absolute atomic E-state index is 12.8. The van der Waals surface area contributed by atoms with Gasteiger partial charge in [-0.25, -0.2) is 5.48 Å². The first-order valence-electron chi connectivity index (χ1n) is 6.94. The number of rotatable bonds is 3. The van der Waals surface area contributed by atoms with Crippen molar-refractivity contribution in [1.82, 2.24) is 15.3 Å². The Morgan fingerprint density at radius 2 is 2.00 bits per heavy atom. The maximum atomic E-state index is 12.8. The molecule has 0 bridgehead atoms. The summed E-state index contributed by atoms with van der Waals surface area (Å²) in [6.07, 6.45) is -2.85. The van der Waals surface area contributed by atoms with Crippen LogP contribution in [0.2, 0.25) is 0 Å². The Kier molecular flexibility index (Phi) is 3.98. The molecule has 0 atom stereocenters. The van der Waals surface area contributed by atoms with Gasteiger partial charge >= 0.3 is 6.18 Å². The van der Waals surface area contributed by atoms with Crippen LogP contribution in [-0.2, 0) is 12.7 Å². The fraction of sp³-hybridized carbons (Fsp3) is 0.125. The van der Waals surface area contributed by atoms with Gasteiger partial charge < -0.3 is 0 Å². The topological polar surface area (TPSA) is 67.2 Å². The number of nitrogens with zero attached hydrogens (tertiary/aromatic N) is 2. The molecule has 0 saturated heterocycles. The van der Waals surface area contributed by atoms with Crippen LogP contribution in [-0.4, -0.2) is 20.9 Å². The van der Waals surface area contributed by atoms with Crippen molar-refractivity contribution >= 4 is 16.8 Å². The lowest BCUT2D eigenvalue weighted by Crippen LogP contribution is -2.18. The molecule has 0 spiro atoms. The van der Waals surface area contributed by atoms with Crippen molar-refractivity contribution in [3.8, 4) is 0 Å². The summed E-state index contributed by atoms with van der Waals surface area (Å²) in [5, 5.41) is 13.6. The normalized spacial score (nSPS) is 11.7. The third kappa shape index (κ3) is 3.09. The summed E-state index contributed by atoms with van der Waals surface area (Å²) in [5.41, 5.74) is 2.05. The zero-order chi connectivity index (χ0) is 17.3. The first kappa shape index (κ1) is 16.0. The highest BCUT2D eigenvalue weighted by Gasteiger charge is 2.30. The number of carbonyl (C=O) groups is 1. The Hall–Kier alpha value is -2.87. The van der Waals surface area contributed by atoms with Crippen LogP contribution in [0.3, 0.4) is 0 Å². The van der Waals surface area contributed by atoms with Gasteiger partial charge in [0.2, 0.25) is 0 Å². The number of alkyl halides is 3. The zero-order valence-corrected chi connectivity index (χ0v) is 12.2. The molecule has 124 valence electrons. The van der Waals surface area contributed by atoms with Gasteiger partial charge in [0.15, 0.2) is 0 Å². The second kappa shape index (κ2) is 5.97. The SMILES string of the molecule is O=C(NO)c1ccc2cnn(Cc3cccc(C(F)(F)F)c3)c2c1. The van der Waals surface area contributed by atoms with Crippen LogP contribution in [0, 0.1) is 0 Å². The van der Waals surface area contributed by atoms with Gasteiger partial charge in [0.05, 0.1) is 23.8 Å². The summed E-state index contributed by atoms with van der Waals surface area (Å²) < 4.78 is 39.9. The third-order valence-corrected chi connectivity index (χ3v) is 3.60. The van der Waals surface area contributed by atoms with Gasteiger partial charge in [0, 0.05) is 10.9 Å². The van der Waals surface area contributed by atoms with E-state index < -0.39 is 17.6 Å². The van der Waals surface area contributed by atoms with E-state index in [2.05, 4.69) is 5.10 Å². The molecule has 0 fully saturated rings. The second-order valence-corrected chi connectivity index (χ2v) is 5.21. The van der Waals surface area contributed by atoms with Crippen molar-refractivity contribution in [2.75, 3.05) is 0 Å². The molecule has 3 rings (SSSR count). The van der Waals surface area contributed by atoms with E-state index in [0.29, 0.717) is 11.1 Å². The van der Waals surface area contributed by atoms with Crippen LogP contribution in [0.4, 0.5) is 13.2 Å². The lowest BCUT2D eigenvalue weighted by molar-refractivity contribution is -0.137. The molecule has 0 unspecified atom stereocenters. The van der Waals surface area contributed by atoms with Gasteiger partial charge in [-0.05, 0) is 29.8 Å². The van der Waals surface area contributed by atoms with E-state index in [1.165, 1.54) is 28.4 Å². The summed E-state index contributed by atoms with van der Waals surface area (Å²) in [4.78, 5) is 11.5. The predicted octanol–water partition coefficient (Wildman–Crippen LogP) is 3.22. The lowest BCUT2D eigenvalue weighted by Gasteiger charge is -2.09. The predicted molar refractivity (Wildman–Crippen MR) is 79.5 cm³/mol. The van der Waals surface area contributed by atoms with Crippen LogP contribution >= 0.6 is 0 Å². The number of hydroxylamine groups is 1. The second-order valence-electron chi connectivity index (χ2n) is 5.21. The third-order valence-electron chi connectivity index (χ3n) is 3.60. The summed E-state index contributed by atoms with van der Waals surface area (Å²) in [5.74, 6) is -0.677. The molecule has 2 aromatic carbocycles. The van der Waals surface area contributed by atoms with E-state index in [-0.39, 0.29) is 12.1 Å². The molecule has 8 heteroatoms. The van der Waals surface area contributed by atoms with E-state index in [9.17, 15) is 18.0 Å². The molecule has 3 aromatic rings. The molecule has 0 saturated carbocycles. The highest BCUT2D eigenvalue weighted by Crippen LogP contribution is 2.29. The summed E-state index contributed by atoms with van der Waals surface area (Å²) in [6, 6.07) is 9.68. The van der Waals surface area contributed by atoms with Gasteiger partial charge in [-0.2, -0.15) is 18.3 Å². The number of halogens is 3. The fourth-order valence-corrected chi connectivity index (χ4v) is 2.42. The monoisotopic (exact) mass is 335 g/mol. The van der Waals surface area contributed by atoms with E-state index >= 15 is 0 Å². The highest BCUT2D eigenvalue weighted by atomic mass is 19.4. The Labute approximate surface area is 134 Å². The van der Waals surface area contributed by atoms with Gasteiger partial charge in [-0.3, -0.25) is 14.7 Å². The van der Waals surface area contributed by atoms with E-state index in [1.807, 2.05) is 0 Å². The number of fused-ring (bicyclic) bond motifs is 1. The smallest absolute Gasteiger partial charge is 0.288 e. The zero-order valence-electron chi connectivity index (χ0n) is 12.2. The standard InChI is InChI=1S/C16H12F3N3O2/c17-16(18,19)13-3-1-2-10(6-13)9-22-14-7-11(15(23)21-24)4-5-12(14)8-20-22/h1-8,24H,9H2,(H,21,23). The first-order chi connectivity index (χ1) is 11.4. The average molecular weight is 335 g/mol. The lowest BCUT2D eigenvalue weighted by atomic mass is 10.1.